The molecule has 1 amide bonds. The maximum absolute atomic E-state index is 11.9. The second-order valence-corrected chi connectivity index (χ2v) is 4.43. The number of nitrogens with one attached hydrogen (secondary N) is 1. The maximum Gasteiger partial charge on any atom is 0.274 e. The maximum atomic E-state index is 11.9. The van der Waals surface area contributed by atoms with Crippen LogP contribution in [-0.4, -0.2) is 47.3 Å². The van der Waals surface area contributed by atoms with Gasteiger partial charge >= 0.3 is 0 Å². The molecule has 1 aliphatic heterocycles. The highest BCUT2D eigenvalue weighted by molar-refractivity contribution is 5.93. The Bertz CT molecular complexity index is 380. The van der Waals surface area contributed by atoms with Gasteiger partial charge in [-0.05, 0) is 12.0 Å². The summed E-state index contributed by atoms with van der Waals surface area (Å²) in [6.45, 7) is 5.46. The summed E-state index contributed by atoms with van der Waals surface area (Å²) in [6.07, 6.45) is 0.187. The standard InChI is InChI=1S/C11H17N3O2/c1-7(2)9-4-10(13-12-9)11(15)14-5-8(6-14)16-3/h4,7-8H,5-6H2,1-3H3,(H,12,13). The van der Waals surface area contributed by atoms with Crippen molar-refractivity contribution < 1.29 is 9.53 Å². The normalized spacial score (nSPS) is 16.6. The third kappa shape index (κ3) is 1.95. The number of likely N-dealkylation sites (tertiary alicyclic amines) is 1. The van der Waals surface area contributed by atoms with Gasteiger partial charge in [0.15, 0.2) is 0 Å². The van der Waals surface area contributed by atoms with Crippen LogP contribution in [0.1, 0.15) is 35.9 Å². The molecule has 0 unspecified atom stereocenters. The topological polar surface area (TPSA) is 58.2 Å². The summed E-state index contributed by atoms with van der Waals surface area (Å²) in [5.74, 6) is 0.341. The van der Waals surface area contributed by atoms with Crippen LogP contribution in [0.5, 0.6) is 0 Å². The minimum Gasteiger partial charge on any atom is -0.378 e. The Morgan fingerprint density at radius 3 is 2.81 bits per heavy atom. The average molecular weight is 223 g/mol. The number of carbonyl (C=O) groups excluding carboxylic acids is 1. The van der Waals surface area contributed by atoms with Crippen molar-refractivity contribution in [2.24, 2.45) is 0 Å². The Morgan fingerprint density at radius 2 is 2.31 bits per heavy atom. The Morgan fingerprint density at radius 1 is 1.62 bits per heavy atom. The summed E-state index contributed by atoms with van der Waals surface area (Å²) in [5.41, 5.74) is 1.49. The predicted molar refractivity (Wildman–Crippen MR) is 59.4 cm³/mol. The van der Waals surface area contributed by atoms with Gasteiger partial charge in [-0.2, -0.15) is 5.10 Å². The van der Waals surface area contributed by atoms with E-state index in [4.69, 9.17) is 4.74 Å². The molecule has 1 N–H and O–H groups in total. The Balaban J connectivity index is 1.99. The highest BCUT2D eigenvalue weighted by atomic mass is 16.5. The quantitative estimate of drug-likeness (QED) is 0.831. The number of aromatic nitrogens is 2. The molecular formula is C11H17N3O2. The summed E-state index contributed by atoms with van der Waals surface area (Å²) >= 11 is 0. The van der Waals surface area contributed by atoms with Gasteiger partial charge in [-0.3, -0.25) is 9.89 Å². The molecule has 0 spiro atoms. The van der Waals surface area contributed by atoms with Gasteiger partial charge in [0.25, 0.3) is 5.91 Å². The molecule has 16 heavy (non-hydrogen) atoms. The monoisotopic (exact) mass is 223 g/mol. The average Bonchev–Trinajstić information content (AvgIpc) is 2.64. The number of methoxy groups -OCH3 is 1. The first-order chi connectivity index (χ1) is 7.61. The molecule has 0 atom stereocenters. The van der Waals surface area contributed by atoms with Crippen LogP contribution in [-0.2, 0) is 4.74 Å². The highest BCUT2D eigenvalue weighted by Crippen LogP contribution is 2.17. The second kappa shape index (κ2) is 4.25. The zero-order valence-corrected chi connectivity index (χ0v) is 9.86. The van der Waals surface area contributed by atoms with E-state index in [1.165, 1.54) is 0 Å². The lowest BCUT2D eigenvalue weighted by atomic mass is 10.1. The SMILES string of the molecule is COC1CN(C(=O)c2cc(C(C)C)[nH]n2)C1. The Labute approximate surface area is 94.8 Å². The minimum atomic E-state index is -0.0172. The molecule has 2 rings (SSSR count). The van der Waals surface area contributed by atoms with Crippen LogP contribution in [0.4, 0.5) is 0 Å². The van der Waals surface area contributed by atoms with Crippen LogP contribution in [0.25, 0.3) is 0 Å². The van der Waals surface area contributed by atoms with Crippen LogP contribution in [0.3, 0.4) is 0 Å². The molecule has 1 aromatic heterocycles. The van der Waals surface area contributed by atoms with Crippen molar-refractivity contribution in [1.82, 2.24) is 15.1 Å². The molecule has 88 valence electrons. The van der Waals surface area contributed by atoms with Crippen molar-refractivity contribution in [1.29, 1.82) is 0 Å². The van der Waals surface area contributed by atoms with Gasteiger partial charge in [-0.15, -0.1) is 0 Å². The molecule has 5 nitrogen and oxygen atoms in total. The summed E-state index contributed by atoms with van der Waals surface area (Å²) < 4.78 is 5.12. The fraction of sp³-hybridized carbons (Fsp3) is 0.636. The van der Waals surface area contributed by atoms with Crippen molar-refractivity contribution in [3.63, 3.8) is 0 Å². The lowest BCUT2D eigenvalue weighted by Gasteiger charge is -2.37. The molecule has 0 saturated carbocycles. The van der Waals surface area contributed by atoms with E-state index in [1.807, 2.05) is 6.07 Å². The number of ether oxygens (including phenoxy) is 1. The number of hydrogen-bond acceptors (Lipinski definition) is 3. The van der Waals surface area contributed by atoms with E-state index in [0.717, 1.165) is 5.69 Å². The number of hydrogen-bond donors (Lipinski definition) is 1. The predicted octanol–water partition coefficient (Wildman–Crippen LogP) is 1.00. The van der Waals surface area contributed by atoms with Crippen LogP contribution in [0, 0.1) is 0 Å². The van der Waals surface area contributed by atoms with Gasteiger partial charge in [0.2, 0.25) is 0 Å². The zero-order chi connectivity index (χ0) is 11.7. The molecular weight excluding hydrogens is 206 g/mol. The largest absolute Gasteiger partial charge is 0.378 e. The van der Waals surface area contributed by atoms with Gasteiger partial charge in [-0.25, -0.2) is 0 Å². The molecule has 5 heteroatoms. The molecule has 0 aliphatic carbocycles. The number of amides is 1. The van der Waals surface area contributed by atoms with Crippen LogP contribution in [0.15, 0.2) is 6.07 Å². The van der Waals surface area contributed by atoms with Gasteiger partial charge in [0.05, 0.1) is 6.10 Å². The molecule has 0 radical (unpaired) electrons. The number of rotatable bonds is 3. The molecule has 0 aromatic carbocycles. The third-order valence-corrected chi connectivity index (χ3v) is 2.91. The smallest absolute Gasteiger partial charge is 0.274 e. The zero-order valence-electron chi connectivity index (χ0n) is 9.86. The summed E-state index contributed by atoms with van der Waals surface area (Å²) in [4.78, 5) is 13.7. The van der Waals surface area contributed by atoms with Crippen molar-refractivity contribution in [2.45, 2.75) is 25.9 Å². The minimum absolute atomic E-state index is 0.0172. The van der Waals surface area contributed by atoms with Crippen molar-refractivity contribution in [3.05, 3.63) is 17.5 Å². The summed E-state index contributed by atoms with van der Waals surface area (Å²) in [5, 5.41) is 6.92. The van der Waals surface area contributed by atoms with E-state index in [9.17, 15) is 4.79 Å². The van der Waals surface area contributed by atoms with E-state index >= 15 is 0 Å². The van der Waals surface area contributed by atoms with Crippen LogP contribution < -0.4 is 0 Å². The van der Waals surface area contributed by atoms with Gasteiger partial charge in [0.1, 0.15) is 5.69 Å². The number of nitrogens with zero attached hydrogens (tertiary/aromatic N) is 2. The fourth-order valence-electron chi connectivity index (χ4n) is 1.66. The lowest BCUT2D eigenvalue weighted by Crippen LogP contribution is -2.54. The van der Waals surface area contributed by atoms with Crippen LogP contribution in [0.2, 0.25) is 0 Å². The molecule has 1 fully saturated rings. The first kappa shape index (κ1) is 11.1. The second-order valence-electron chi connectivity index (χ2n) is 4.43. The van der Waals surface area contributed by atoms with Gasteiger partial charge in [-0.1, -0.05) is 13.8 Å². The van der Waals surface area contributed by atoms with Gasteiger partial charge < -0.3 is 9.64 Å². The molecule has 1 saturated heterocycles. The lowest BCUT2D eigenvalue weighted by molar-refractivity contribution is -0.0194. The number of aromatic amines is 1. The highest BCUT2D eigenvalue weighted by Gasteiger charge is 2.32. The first-order valence-corrected chi connectivity index (χ1v) is 5.49. The van der Waals surface area contributed by atoms with E-state index in [1.54, 1.807) is 12.0 Å². The van der Waals surface area contributed by atoms with E-state index in [2.05, 4.69) is 24.0 Å². The van der Waals surface area contributed by atoms with Gasteiger partial charge in [0, 0.05) is 25.9 Å². The van der Waals surface area contributed by atoms with Crippen molar-refractivity contribution in [2.75, 3.05) is 20.2 Å². The molecule has 0 bridgehead atoms. The van der Waals surface area contributed by atoms with E-state index in [0.29, 0.717) is 24.7 Å². The number of H-pyrrole nitrogens is 1. The molecule has 1 aromatic rings. The van der Waals surface area contributed by atoms with Crippen molar-refractivity contribution in [3.8, 4) is 0 Å². The summed E-state index contributed by atoms with van der Waals surface area (Å²) in [6, 6.07) is 1.83. The summed E-state index contributed by atoms with van der Waals surface area (Å²) in [7, 11) is 1.66. The Hall–Kier alpha value is -1.36. The number of carbonyl (C=O) groups is 1. The third-order valence-electron chi connectivity index (χ3n) is 2.91. The van der Waals surface area contributed by atoms with Crippen LogP contribution >= 0.6 is 0 Å². The first-order valence-electron chi connectivity index (χ1n) is 5.49. The molecule has 1 aliphatic rings. The van der Waals surface area contributed by atoms with E-state index < -0.39 is 0 Å². The molecule has 2 heterocycles. The van der Waals surface area contributed by atoms with Crippen molar-refractivity contribution >= 4 is 5.91 Å². The van der Waals surface area contributed by atoms with E-state index in [-0.39, 0.29) is 12.0 Å². The fourth-order valence-corrected chi connectivity index (χ4v) is 1.66. The Kier molecular flexibility index (Phi) is 2.96.